The molecule has 0 fully saturated rings. The van der Waals surface area contributed by atoms with Gasteiger partial charge in [0, 0.05) is 18.3 Å². The highest BCUT2D eigenvalue weighted by Crippen LogP contribution is 2.21. The zero-order valence-electron chi connectivity index (χ0n) is 11.1. The summed E-state index contributed by atoms with van der Waals surface area (Å²) in [6.45, 7) is 2.81. The number of allylic oxidation sites excluding steroid dienone is 1. The number of esters is 1. The lowest BCUT2D eigenvalue weighted by atomic mass is 10.1. The van der Waals surface area contributed by atoms with Crippen LogP contribution < -0.4 is 10.3 Å². The van der Waals surface area contributed by atoms with Gasteiger partial charge in [-0.25, -0.2) is 4.79 Å². The van der Waals surface area contributed by atoms with Crippen molar-refractivity contribution >= 4 is 5.97 Å². The number of ether oxygens (including phenoxy) is 2. The second-order valence-electron chi connectivity index (χ2n) is 4.30. The molecule has 0 spiro atoms. The highest BCUT2D eigenvalue weighted by Gasteiger charge is 2.23. The number of carbonyl (C=O) groups excluding carboxylic acids is 1. The second-order valence-corrected chi connectivity index (χ2v) is 4.30. The normalized spacial score (nSPS) is 13.6. The molecule has 0 radical (unpaired) electrons. The summed E-state index contributed by atoms with van der Waals surface area (Å²) >= 11 is 0. The Bertz CT molecular complexity index is 572. The average Bonchev–Trinajstić information content (AvgIpc) is 2.90. The lowest BCUT2D eigenvalue weighted by molar-refractivity contribution is 0.0598. The van der Waals surface area contributed by atoms with Gasteiger partial charge in [-0.1, -0.05) is 12.2 Å². The van der Waals surface area contributed by atoms with Crippen molar-refractivity contribution in [3.05, 3.63) is 39.8 Å². The minimum atomic E-state index is -0.429. The van der Waals surface area contributed by atoms with Gasteiger partial charge in [0.15, 0.2) is 5.75 Å². The van der Waals surface area contributed by atoms with E-state index in [9.17, 15) is 9.59 Å². The second kappa shape index (κ2) is 5.73. The van der Waals surface area contributed by atoms with Crippen LogP contribution in [0.25, 0.3) is 0 Å². The van der Waals surface area contributed by atoms with Gasteiger partial charge in [-0.3, -0.25) is 4.79 Å². The summed E-state index contributed by atoms with van der Waals surface area (Å²) in [5, 5.41) is 0. The van der Waals surface area contributed by atoms with Crippen LogP contribution in [0, 0.1) is 0 Å². The van der Waals surface area contributed by atoms with Crippen molar-refractivity contribution in [2.75, 3.05) is 13.7 Å². The minimum Gasteiger partial charge on any atom is -0.484 e. The number of hydrogen-bond acceptors (Lipinski definition) is 4. The number of rotatable bonds is 4. The summed E-state index contributed by atoms with van der Waals surface area (Å²) in [7, 11) is 1.33. The molecular formula is C14H17NO4. The highest BCUT2D eigenvalue weighted by atomic mass is 16.5. The van der Waals surface area contributed by atoms with E-state index in [0.29, 0.717) is 18.7 Å². The Kier molecular flexibility index (Phi) is 4.04. The van der Waals surface area contributed by atoms with Crippen LogP contribution in [0.1, 0.15) is 29.4 Å². The minimum absolute atomic E-state index is 0.176. The lowest BCUT2D eigenvalue weighted by Crippen LogP contribution is -2.24. The molecule has 1 aromatic rings. The molecule has 0 aliphatic carbocycles. The molecule has 2 heterocycles. The number of carbonyl (C=O) groups is 1. The molecule has 0 amide bonds. The number of methoxy groups -OCH3 is 1. The molecule has 5 nitrogen and oxygen atoms in total. The first-order valence-electron chi connectivity index (χ1n) is 6.28. The van der Waals surface area contributed by atoms with Crippen LogP contribution in [0.5, 0.6) is 5.75 Å². The number of hydrogen-bond donors (Lipinski definition) is 0. The molecular weight excluding hydrogens is 246 g/mol. The number of aromatic nitrogens is 1. The van der Waals surface area contributed by atoms with E-state index < -0.39 is 5.97 Å². The summed E-state index contributed by atoms with van der Waals surface area (Å²) in [5.41, 5.74) is 0.995. The lowest BCUT2D eigenvalue weighted by Gasteiger charge is -2.11. The first-order chi connectivity index (χ1) is 9.19. The molecule has 5 heteroatoms. The van der Waals surface area contributed by atoms with Crippen molar-refractivity contribution in [2.45, 2.75) is 26.3 Å². The van der Waals surface area contributed by atoms with Crippen LogP contribution >= 0.6 is 0 Å². The van der Waals surface area contributed by atoms with Crippen LogP contribution in [-0.4, -0.2) is 24.3 Å². The van der Waals surface area contributed by atoms with Crippen LogP contribution in [0.4, 0.5) is 0 Å². The quantitative estimate of drug-likeness (QED) is 0.610. The highest BCUT2D eigenvalue weighted by molar-refractivity contribution is 5.91. The fourth-order valence-electron chi connectivity index (χ4n) is 2.21. The molecule has 0 saturated carbocycles. The SMILES string of the molecule is C/C=C/COc1cc(C(=O)OC)c2n(c1=O)CCC2. The van der Waals surface area contributed by atoms with Crippen molar-refractivity contribution < 1.29 is 14.3 Å². The standard InChI is InChI=1S/C14H17NO4/c1-3-4-8-19-12-9-10(14(17)18-2)11-6-5-7-15(11)13(12)16/h3-4,9H,5-8H2,1-2H3/b4-3+. The molecule has 1 aromatic heterocycles. The fraction of sp³-hybridized carbons (Fsp3) is 0.429. The fourth-order valence-corrected chi connectivity index (χ4v) is 2.21. The molecule has 0 N–H and O–H groups in total. The summed E-state index contributed by atoms with van der Waals surface area (Å²) < 4.78 is 11.8. The molecule has 0 unspecified atom stereocenters. The molecule has 0 saturated heterocycles. The number of fused-ring (bicyclic) bond motifs is 1. The number of nitrogens with zero attached hydrogens (tertiary/aromatic N) is 1. The molecule has 102 valence electrons. The third-order valence-corrected chi connectivity index (χ3v) is 3.14. The smallest absolute Gasteiger partial charge is 0.339 e. The monoisotopic (exact) mass is 263 g/mol. The van der Waals surface area contributed by atoms with Gasteiger partial charge in [-0.2, -0.15) is 0 Å². The van der Waals surface area contributed by atoms with Gasteiger partial charge in [-0.15, -0.1) is 0 Å². The van der Waals surface area contributed by atoms with E-state index in [2.05, 4.69) is 0 Å². The first-order valence-corrected chi connectivity index (χ1v) is 6.28. The van der Waals surface area contributed by atoms with Gasteiger partial charge in [0.2, 0.25) is 0 Å². The Morgan fingerprint density at radius 1 is 1.53 bits per heavy atom. The topological polar surface area (TPSA) is 57.5 Å². The summed E-state index contributed by atoms with van der Waals surface area (Å²) in [6.07, 6.45) is 5.22. The molecule has 2 rings (SSSR count). The Labute approximate surface area is 111 Å². The predicted octanol–water partition coefficient (Wildman–Crippen LogP) is 1.54. The third-order valence-electron chi connectivity index (χ3n) is 3.14. The first kappa shape index (κ1) is 13.4. The summed E-state index contributed by atoms with van der Waals surface area (Å²) in [6, 6.07) is 1.49. The van der Waals surface area contributed by atoms with E-state index in [4.69, 9.17) is 9.47 Å². The average molecular weight is 263 g/mol. The Morgan fingerprint density at radius 3 is 3.00 bits per heavy atom. The van der Waals surface area contributed by atoms with Crippen LogP contribution in [0.3, 0.4) is 0 Å². The maximum Gasteiger partial charge on any atom is 0.339 e. The largest absolute Gasteiger partial charge is 0.484 e. The van der Waals surface area contributed by atoms with Gasteiger partial charge in [0.05, 0.1) is 12.7 Å². The Morgan fingerprint density at radius 2 is 2.32 bits per heavy atom. The van der Waals surface area contributed by atoms with E-state index in [0.717, 1.165) is 18.5 Å². The third kappa shape index (κ3) is 2.54. The van der Waals surface area contributed by atoms with E-state index in [1.807, 2.05) is 13.0 Å². The van der Waals surface area contributed by atoms with Crippen molar-refractivity contribution in [1.82, 2.24) is 4.57 Å². The molecule has 0 aromatic carbocycles. The van der Waals surface area contributed by atoms with Gasteiger partial charge < -0.3 is 14.0 Å². The maximum atomic E-state index is 12.2. The molecule has 1 aliphatic rings. The Balaban J connectivity index is 2.45. The molecule has 19 heavy (non-hydrogen) atoms. The molecule has 1 aliphatic heterocycles. The zero-order valence-corrected chi connectivity index (χ0v) is 11.1. The van der Waals surface area contributed by atoms with Gasteiger partial charge in [0.25, 0.3) is 5.56 Å². The van der Waals surface area contributed by atoms with Crippen LogP contribution in [-0.2, 0) is 17.7 Å². The van der Waals surface area contributed by atoms with E-state index in [-0.39, 0.29) is 11.3 Å². The van der Waals surface area contributed by atoms with Crippen molar-refractivity contribution in [2.24, 2.45) is 0 Å². The van der Waals surface area contributed by atoms with Crippen molar-refractivity contribution in [1.29, 1.82) is 0 Å². The summed E-state index contributed by atoms with van der Waals surface area (Å²) in [5.74, 6) is -0.231. The predicted molar refractivity (Wildman–Crippen MR) is 70.7 cm³/mol. The van der Waals surface area contributed by atoms with Gasteiger partial charge in [-0.05, 0) is 19.8 Å². The Hall–Kier alpha value is -2.04. The van der Waals surface area contributed by atoms with Crippen LogP contribution in [0.15, 0.2) is 23.0 Å². The van der Waals surface area contributed by atoms with E-state index >= 15 is 0 Å². The van der Waals surface area contributed by atoms with Crippen molar-refractivity contribution in [3.8, 4) is 5.75 Å². The zero-order chi connectivity index (χ0) is 13.8. The van der Waals surface area contributed by atoms with E-state index in [1.54, 1.807) is 10.6 Å². The molecule has 0 bridgehead atoms. The van der Waals surface area contributed by atoms with Gasteiger partial charge in [0.1, 0.15) is 6.61 Å². The molecule has 0 atom stereocenters. The van der Waals surface area contributed by atoms with E-state index in [1.165, 1.54) is 13.2 Å². The summed E-state index contributed by atoms with van der Waals surface area (Å²) in [4.78, 5) is 23.9. The maximum absolute atomic E-state index is 12.2. The number of pyridine rings is 1. The van der Waals surface area contributed by atoms with Crippen LogP contribution in [0.2, 0.25) is 0 Å². The van der Waals surface area contributed by atoms with Gasteiger partial charge >= 0.3 is 5.97 Å². The van der Waals surface area contributed by atoms with Crippen molar-refractivity contribution in [3.63, 3.8) is 0 Å².